The number of fused-ring (bicyclic) bond motifs is 1. The van der Waals surface area contributed by atoms with Gasteiger partial charge in [-0.2, -0.15) is 10.2 Å². The van der Waals surface area contributed by atoms with Crippen molar-refractivity contribution in [2.75, 3.05) is 18.0 Å². The third-order valence-electron chi connectivity index (χ3n) is 6.64. The standard InChI is InChI=1S/C25H25ClFN7O2/c1-3-33-24(35)23-19(10-29-33)22(18-7-4-16(26)8-20(18)27)30-25(31-23)32-11-14(2)36-21(13-32)15-9-28-34(12-15)17-5-6-17/h4,7-10,12,14,17,21H,3,5-6,11,13H2,1-2H3/t14-,21+/m1/s1. The van der Waals surface area contributed by atoms with Crippen molar-refractivity contribution in [1.29, 1.82) is 0 Å². The average Bonchev–Trinajstić information content (AvgIpc) is 3.60. The van der Waals surface area contributed by atoms with Gasteiger partial charge in [0.25, 0.3) is 5.56 Å². The van der Waals surface area contributed by atoms with Crippen LogP contribution < -0.4 is 10.5 Å². The number of hydrogen-bond donors (Lipinski definition) is 0. The van der Waals surface area contributed by atoms with Gasteiger partial charge in [-0.05, 0) is 44.9 Å². The molecule has 6 rings (SSSR count). The second-order valence-electron chi connectivity index (χ2n) is 9.35. The maximum atomic E-state index is 15.0. The molecule has 0 amide bonds. The highest BCUT2D eigenvalue weighted by Gasteiger charge is 2.32. The highest BCUT2D eigenvalue weighted by Crippen LogP contribution is 2.36. The molecule has 0 spiro atoms. The lowest BCUT2D eigenvalue weighted by Crippen LogP contribution is -2.43. The first-order chi connectivity index (χ1) is 17.4. The van der Waals surface area contributed by atoms with Crippen molar-refractivity contribution in [3.63, 3.8) is 0 Å². The van der Waals surface area contributed by atoms with E-state index in [0.29, 0.717) is 42.7 Å². The predicted octanol–water partition coefficient (Wildman–Crippen LogP) is 4.16. The van der Waals surface area contributed by atoms with Gasteiger partial charge in [0.2, 0.25) is 5.95 Å². The molecule has 9 nitrogen and oxygen atoms in total. The second kappa shape index (κ2) is 8.94. The van der Waals surface area contributed by atoms with E-state index >= 15 is 4.39 Å². The number of aryl methyl sites for hydroxylation is 1. The summed E-state index contributed by atoms with van der Waals surface area (Å²) in [7, 11) is 0. The van der Waals surface area contributed by atoms with E-state index in [-0.39, 0.29) is 33.9 Å². The Morgan fingerprint density at radius 1 is 1.17 bits per heavy atom. The average molecular weight is 510 g/mol. The van der Waals surface area contributed by atoms with Gasteiger partial charge < -0.3 is 9.64 Å². The molecule has 2 fully saturated rings. The van der Waals surface area contributed by atoms with E-state index in [1.54, 1.807) is 12.1 Å². The minimum absolute atomic E-state index is 0.118. The van der Waals surface area contributed by atoms with Crippen LogP contribution in [0.15, 0.2) is 41.6 Å². The van der Waals surface area contributed by atoms with E-state index in [9.17, 15) is 4.79 Å². The maximum Gasteiger partial charge on any atom is 0.293 e. The predicted molar refractivity (Wildman–Crippen MR) is 134 cm³/mol. The van der Waals surface area contributed by atoms with Crippen molar-refractivity contribution < 1.29 is 9.13 Å². The molecule has 36 heavy (non-hydrogen) atoms. The van der Waals surface area contributed by atoms with E-state index < -0.39 is 5.82 Å². The van der Waals surface area contributed by atoms with Gasteiger partial charge >= 0.3 is 0 Å². The number of hydrogen-bond acceptors (Lipinski definition) is 7. The SMILES string of the molecule is CCn1ncc2c(-c3ccc(Cl)cc3F)nc(N3C[C@@H](C)O[C@H](c4cnn(C5CC5)c4)C3)nc2c1=O. The summed E-state index contributed by atoms with van der Waals surface area (Å²) >= 11 is 5.99. The molecular weight excluding hydrogens is 485 g/mol. The fourth-order valence-electron chi connectivity index (χ4n) is 4.66. The van der Waals surface area contributed by atoms with Gasteiger partial charge in [0, 0.05) is 35.4 Å². The summed E-state index contributed by atoms with van der Waals surface area (Å²) in [6.45, 7) is 5.20. The van der Waals surface area contributed by atoms with Crippen LogP contribution in [0.1, 0.15) is 44.4 Å². The van der Waals surface area contributed by atoms with Crippen LogP contribution in [0.2, 0.25) is 5.02 Å². The van der Waals surface area contributed by atoms with Crippen LogP contribution in [-0.2, 0) is 11.3 Å². The van der Waals surface area contributed by atoms with Gasteiger partial charge in [0.05, 0.1) is 42.2 Å². The summed E-state index contributed by atoms with van der Waals surface area (Å²) < 4.78 is 24.6. The van der Waals surface area contributed by atoms with Gasteiger partial charge in [0.1, 0.15) is 17.4 Å². The fourth-order valence-corrected chi connectivity index (χ4v) is 4.81. The van der Waals surface area contributed by atoms with Crippen molar-refractivity contribution in [3.8, 4) is 11.3 Å². The number of anilines is 1. The zero-order valence-electron chi connectivity index (χ0n) is 19.9. The summed E-state index contributed by atoms with van der Waals surface area (Å²) in [6, 6.07) is 4.87. The Morgan fingerprint density at radius 3 is 2.75 bits per heavy atom. The van der Waals surface area contributed by atoms with Crippen LogP contribution in [0.4, 0.5) is 10.3 Å². The van der Waals surface area contributed by atoms with Crippen LogP contribution in [0.5, 0.6) is 0 Å². The highest BCUT2D eigenvalue weighted by atomic mass is 35.5. The van der Waals surface area contributed by atoms with E-state index in [1.165, 1.54) is 16.9 Å². The smallest absolute Gasteiger partial charge is 0.293 e. The first-order valence-corrected chi connectivity index (χ1v) is 12.5. The molecule has 11 heteroatoms. The van der Waals surface area contributed by atoms with Gasteiger partial charge in [-0.1, -0.05) is 11.6 Å². The Hall–Kier alpha value is -3.37. The summed E-state index contributed by atoms with van der Waals surface area (Å²) in [5, 5.41) is 9.38. The summed E-state index contributed by atoms with van der Waals surface area (Å²) in [5.41, 5.74) is 1.36. The van der Waals surface area contributed by atoms with Gasteiger partial charge in [-0.15, -0.1) is 0 Å². The minimum atomic E-state index is -0.533. The number of aromatic nitrogens is 6. The normalized spacial score (nSPS) is 20.3. The quantitative estimate of drug-likeness (QED) is 0.399. The lowest BCUT2D eigenvalue weighted by molar-refractivity contribution is -0.0178. The molecule has 0 radical (unpaired) electrons. The largest absolute Gasteiger partial charge is 0.367 e. The lowest BCUT2D eigenvalue weighted by atomic mass is 10.1. The number of rotatable bonds is 5. The number of morpholine rings is 1. The topological polar surface area (TPSA) is 91.0 Å². The lowest BCUT2D eigenvalue weighted by Gasteiger charge is -2.36. The van der Waals surface area contributed by atoms with Crippen LogP contribution >= 0.6 is 11.6 Å². The Bertz CT molecular complexity index is 1520. The Balaban J connectivity index is 1.46. The number of nitrogens with zero attached hydrogens (tertiary/aromatic N) is 7. The van der Waals surface area contributed by atoms with Crippen LogP contribution in [0, 0.1) is 5.82 Å². The molecule has 2 aliphatic rings. The van der Waals surface area contributed by atoms with Gasteiger partial charge in [0.15, 0.2) is 0 Å². The first kappa shape index (κ1) is 23.1. The Kier molecular flexibility index (Phi) is 5.72. The molecule has 1 saturated carbocycles. The third-order valence-corrected chi connectivity index (χ3v) is 6.88. The summed E-state index contributed by atoms with van der Waals surface area (Å²) in [6.07, 6.45) is 7.35. The molecule has 1 aliphatic carbocycles. The zero-order chi connectivity index (χ0) is 25.0. The fraction of sp³-hybridized carbons (Fsp3) is 0.400. The van der Waals surface area contributed by atoms with Crippen molar-refractivity contribution in [1.82, 2.24) is 29.5 Å². The summed E-state index contributed by atoms with van der Waals surface area (Å²) in [5.74, 6) is -0.193. The van der Waals surface area contributed by atoms with E-state index in [4.69, 9.17) is 21.3 Å². The van der Waals surface area contributed by atoms with Crippen molar-refractivity contribution in [3.05, 3.63) is 63.5 Å². The van der Waals surface area contributed by atoms with Gasteiger partial charge in [-0.25, -0.2) is 19.0 Å². The molecule has 4 aromatic rings. The third kappa shape index (κ3) is 4.14. The molecule has 1 aromatic carbocycles. The van der Waals surface area contributed by atoms with E-state index in [0.717, 1.165) is 18.4 Å². The molecular formula is C25H25ClFN7O2. The molecule has 0 N–H and O–H groups in total. The molecule has 0 bridgehead atoms. The van der Waals surface area contributed by atoms with Crippen molar-refractivity contribution >= 4 is 28.5 Å². The molecule has 3 aromatic heterocycles. The summed E-state index contributed by atoms with van der Waals surface area (Å²) in [4.78, 5) is 24.6. The molecule has 186 valence electrons. The molecule has 0 unspecified atom stereocenters. The molecule has 1 saturated heterocycles. The molecule has 1 aliphatic heterocycles. The monoisotopic (exact) mass is 509 g/mol. The Morgan fingerprint density at radius 2 is 2.00 bits per heavy atom. The second-order valence-corrected chi connectivity index (χ2v) is 9.79. The Labute approximate surface area is 211 Å². The van der Waals surface area contributed by atoms with E-state index in [2.05, 4.69) is 15.2 Å². The molecule has 2 atom stereocenters. The van der Waals surface area contributed by atoms with Crippen LogP contribution in [0.3, 0.4) is 0 Å². The highest BCUT2D eigenvalue weighted by molar-refractivity contribution is 6.30. The van der Waals surface area contributed by atoms with Crippen LogP contribution in [-0.4, -0.2) is 48.7 Å². The van der Waals surface area contributed by atoms with Gasteiger partial charge in [-0.3, -0.25) is 9.48 Å². The minimum Gasteiger partial charge on any atom is -0.367 e. The van der Waals surface area contributed by atoms with E-state index in [1.807, 2.05) is 35.8 Å². The molecule has 4 heterocycles. The van der Waals surface area contributed by atoms with Crippen molar-refractivity contribution in [2.45, 2.75) is 51.5 Å². The number of benzene rings is 1. The number of ether oxygens (including phenoxy) is 1. The van der Waals surface area contributed by atoms with Crippen LogP contribution in [0.25, 0.3) is 22.2 Å². The van der Waals surface area contributed by atoms with Crippen molar-refractivity contribution in [2.24, 2.45) is 0 Å². The first-order valence-electron chi connectivity index (χ1n) is 12.1. The number of halogens is 2. The maximum absolute atomic E-state index is 15.0. The zero-order valence-corrected chi connectivity index (χ0v) is 20.7.